The van der Waals surface area contributed by atoms with Crippen molar-refractivity contribution in [3.63, 3.8) is 0 Å². The molecule has 0 fully saturated rings. The van der Waals surface area contributed by atoms with Crippen LogP contribution in [0.3, 0.4) is 0 Å². The second-order valence-electron chi connectivity index (χ2n) is 7.52. The average Bonchev–Trinajstić information content (AvgIpc) is 2.78. The minimum Gasteiger partial charge on any atom is -0.356 e. The topological polar surface area (TPSA) is 117 Å². The first kappa shape index (κ1) is 22.9. The second kappa shape index (κ2) is 11.0. The summed E-state index contributed by atoms with van der Waals surface area (Å²) < 4.78 is 27.5. The van der Waals surface area contributed by atoms with Crippen molar-refractivity contribution in [2.24, 2.45) is 0 Å². The van der Waals surface area contributed by atoms with Crippen molar-refractivity contribution in [1.29, 1.82) is 0 Å². The van der Waals surface area contributed by atoms with E-state index in [0.29, 0.717) is 6.54 Å². The van der Waals surface area contributed by atoms with Gasteiger partial charge in [0.2, 0.25) is 21.8 Å². The van der Waals surface area contributed by atoms with E-state index in [1.165, 1.54) is 5.56 Å². The third-order valence-electron chi connectivity index (χ3n) is 5.19. The highest BCUT2D eigenvalue weighted by molar-refractivity contribution is 7.89. The Kier molecular flexibility index (Phi) is 8.13. The number of amides is 2. The van der Waals surface area contributed by atoms with Gasteiger partial charge in [0, 0.05) is 44.9 Å². The first-order valence-corrected chi connectivity index (χ1v) is 12.0. The third-order valence-corrected chi connectivity index (χ3v) is 6.65. The normalized spacial score (nSPS) is 13.3. The maximum Gasteiger partial charge on any atom is 0.240 e. The van der Waals surface area contributed by atoms with Gasteiger partial charge in [0.1, 0.15) is 0 Å². The van der Waals surface area contributed by atoms with Crippen LogP contribution in [0.15, 0.2) is 47.6 Å². The molecule has 31 heavy (non-hydrogen) atoms. The monoisotopic (exact) mass is 444 g/mol. The van der Waals surface area contributed by atoms with Gasteiger partial charge in [-0.3, -0.25) is 14.6 Å². The Morgan fingerprint density at radius 3 is 2.32 bits per heavy atom. The van der Waals surface area contributed by atoms with Crippen LogP contribution < -0.4 is 15.4 Å². The van der Waals surface area contributed by atoms with Gasteiger partial charge in [-0.2, -0.15) is 0 Å². The number of nitrogens with zero attached hydrogens (tertiary/aromatic N) is 1. The second-order valence-corrected chi connectivity index (χ2v) is 9.28. The van der Waals surface area contributed by atoms with E-state index in [-0.39, 0.29) is 42.6 Å². The molecule has 0 unspecified atom stereocenters. The Morgan fingerprint density at radius 2 is 1.55 bits per heavy atom. The lowest BCUT2D eigenvalue weighted by Gasteiger charge is -2.16. The summed E-state index contributed by atoms with van der Waals surface area (Å²) in [6.07, 6.45) is 7.57. The molecule has 9 heteroatoms. The van der Waals surface area contributed by atoms with Gasteiger partial charge in [-0.1, -0.05) is 6.07 Å². The van der Waals surface area contributed by atoms with Gasteiger partial charge in [0.05, 0.1) is 4.90 Å². The maximum atomic E-state index is 12.5. The van der Waals surface area contributed by atoms with E-state index in [0.717, 1.165) is 36.8 Å². The van der Waals surface area contributed by atoms with Gasteiger partial charge >= 0.3 is 0 Å². The van der Waals surface area contributed by atoms with Crippen molar-refractivity contribution in [2.75, 3.05) is 13.1 Å². The summed E-state index contributed by atoms with van der Waals surface area (Å²) in [7, 11) is -3.66. The molecule has 2 amide bonds. The number of carbonyl (C=O) groups is 2. The molecule has 1 aliphatic rings. The third kappa shape index (κ3) is 7.15. The molecule has 1 heterocycles. The summed E-state index contributed by atoms with van der Waals surface area (Å²) in [6, 6.07) is 8.87. The summed E-state index contributed by atoms with van der Waals surface area (Å²) >= 11 is 0. The Hall–Kier alpha value is -2.78. The zero-order valence-corrected chi connectivity index (χ0v) is 18.2. The van der Waals surface area contributed by atoms with Crippen molar-refractivity contribution in [3.8, 4) is 0 Å². The van der Waals surface area contributed by atoms with Gasteiger partial charge in [-0.05, 0) is 66.6 Å². The lowest BCUT2D eigenvalue weighted by Crippen LogP contribution is -2.33. The number of sulfonamides is 1. The predicted octanol–water partition coefficient (Wildman–Crippen LogP) is 1.45. The van der Waals surface area contributed by atoms with Crippen LogP contribution in [0.5, 0.6) is 0 Å². The van der Waals surface area contributed by atoms with E-state index in [1.54, 1.807) is 24.5 Å². The summed E-state index contributed by atoms with van der Waals surface area (Å²) in [4.78, 5) is 27.9. The largest absolute Gasteiger partial charge is 0.356 e. The van der Waals surface area contributed by atoms with E-state index in [4.69, 9.17) is 0 Å². The number of rotatable bonds is 10. The van der Waals surface area contributed by atoms with Gasteiger partial charge in [-0.25, -0.2) is 13.1 Å². The van der Waals surface area contributed by atoms with Crippen LogP contribution in [0.1, 0.15) is 42.4 Å². The number of aromatic nitrogens is 1. The van der Waals surface area contributed by atoms with E-state index < -0.39 is 10.0 Å². The van der Waals surface area contributed by atoms with Gasteiger partial charge < -0.3 is 10.6 Å². The van der Waals surface area contributed by atoms with Crippen LogP contribution in [0, 0.1) is 0 Å². The van der Waals surface area contributed by atoms with Crippen molar-refractivity contribution < 1.29 is 18.0 Å². The Bertz CT molecular complexity index is 1010. The predicted molar refractivity (Wildman–Crippen MR) is 117 cm³/mol. The highest BCUT2D eigenvalue weighted by atomic mass is 32.2. The molecule has 3 N–H and O–H groups in total. The molecule has 8 nitrogen and oxygen atoms in total. The van der Waals surface area contributed by atoms with Crippen LogP contribution in [0.25, 0.3) is 0 Å². The summed E-state index contributed by atoms with van der Waals surface area (Å²) in [5, 5.41) is 5.40. The SMILES string of the molecule is O=C(CCNS(=O)(=O)c1ccc2c(c1)CCCC2)NCCC(=O)NCc1ccncc1. The molecule has 166 valence electrons. The van der Waals surface area contributed by atoms with Crippen LogP contribution in [0.2, 0.25) is 0 Å². The molecule has 0 aliphatic heterocycles. The van der Waals surface area contributed by atoms with Crippen LogP contribution in [-0.4, -0.2) is 38.3 Å². The van der Waals surface area contributed by atoms with Crippen molar-refractivity contribution in [1.82, 2.24) is 20.3 Å². The van der Waals surface area contributed by atoms with Crippen LogP contribution in [0.4, 0.5) is 0 Å². The number of pyridine rings is 1. The fourth-order valence-electron chi connectivity index (χ4n) is 3.45. The molecule has 2 aromatic rings. The van der Waals surface area contributed by atoms with Crippen LogP contribution >= 0.6 is 0 Å². The summed E-state index contributed by atoms with van der Waals surface area (Å²) in [6.45, 7) is 0.595. The lowest BCUT2D eigenvalue weighted by atomic mass is 9.92. The van der Waals surface area contributed by atoms with Gasteiger partial charge in [0.15, 0.2) is 0 Å². The number of hydrogen-bond donors (Lipinski definition) is 3. The van der Waals surface area contributed by atoms with E-state index >= 15 is 0 Å². The molecular weight excluding hydrogens is 416 g/mol. The van der Waals surface area contributed by atoms with E-state index in [2.05, 4.69) is 20.3 Å². The Morgan fingerprint density at radius 1 is 0.871 bits per heavy atom. The summed E-state index contributed by atoms with van der Waals surface area (Å²) in [5.41, 5.74) is 3.25. The number of hydrogen-bond acceptors (Lipinski definition) is 5. The standard InChI is InChI=1S/C22H28N4O4S/c27-21(24-13-9-22(28)25-16-17-7-11-23-12-8-17)10-14-26-31(29,30)20-6-5-18-3-1-2-4-19(18)15-20/h5-8,11-12,15,26H,1-4,9-10,13-14,16H2,(H,24,27)(H,25,28). The number of aryl methyl sites for hydroxylation is 2. The van der Waals surface area contributed by atoms with Gasteiger partial charge in [-0.15, -0.1) is 0 Å². The molecular formula is C22H28N4O4S. The molecule has 1 aromatic carbocycles. The molecule has 0 bridgehead atoms. The van der Waals surface area contributed by atoms with Gasteiger partial charge in [0.25, 0.3) is 0 Å². The summed E-state index contributed by atoms with van der Waals surface area (Å²) in [5.74, 6) is -0.486. The molecule has 0 spiro atoms. The number of carbonyl (C=O) groups excluding carboxylic acids is 2. The molecule has 0 saturated heterocycles. The number of nitrogens with one attached hydrogen (secondary N) is 3. The molecule has 3 rings (SSSR count). The van der Waals surface area contributed by atoms with E-state index in [1.807, 2.05) is 18.2 Å². The first-order chi connectivity index (χ1) is 14.9. The zero-order chi connectivity index (χ0) is 22.1. The Balaban J connectivity index is 1.34. The molecule has 0 saturated carbocycles. The minimum atomic E-state index is -3.66. The molecule has 1 aromatic heterocycles. The van der Waals surface area contributed by atoms with Crippen molar-refractivity contribution in [3.05, 3.63) is 59.4 Å². The first-order valence-electron chi connectivity index (χ1n) is 10.5. The van der Waals surface area contributed by atoms with E-state index in [9.17, 15) is 18.0 Å². The molecule has 0 radical (unpaired) electrons. The number of benzene rings is 1. The maximum absolute atomic E-state index is 12.5. The van der Waals surface area contributed by atoms with Crippen LogP contribution in [-0.2, 0) is 39.0 Å². The molecule has 1 aliphatic carbocycles. The highest BCUT2D eigenvalue weighted by Gasteiger charge is 2.17. The molecule has 0 atom stereocenters. The lowest BCUT2D eigenvalue weighted by molar-refractivity contribution is -0.122. The highest BCUT2D eigenvalue weighted by Crippen LogP contribution is 2.23. The fraction of sp³-hybridized carbons (Fsp3) is 0.409. The zero-order valence-electron chi connectivity index (χ0n) is 17.4. The Labute approximate surface area is 182 Å². The average molecular weight is 445 g/mol. The number of fused-ring (bicyclic) bond motifs is 1. The fourth-order valence-corrected chi connectivity index (χ4v) is 4.53. The van der Waals surface area contributed by atoms with Crippen molar-refractivity contribution >= 4 is 21.8 Å². The quantitative estimate of drug-likeness (QED) is 0.513. The minimum absolute atomic E-state index is 0.000505. The smallest absolute Gasteiger partial charge is 0.240 e. The van der Waals surface area contributed by atoms with Crippen molar-refractivity contribution in [2.45, 2.75) is 50.0 Å².